The van der Waals surface area contributed by atoms with Crippen molar-refractivity contribution in [1.29, 1.82) is 0 Å². The smallest absolute Gasteiger partial charge is 0.213 e. The number of aryl methyl sites for hydroxylation is 1. The Hall–Kier alpha value is -2.15. The maximum atomic E-state index is 5.55. The van der Waals surface area contributed by atoms with Gasteiger partial charge in [-0.15, -0.1) is 0 Å². The zero-order chi connectivity index (χ0) is 14.5. The van der Waals surface area contributed by atoms with Crippen molar-refractivity contribution in [1.82, 2.24) is 15.0 Å². The van der Waals surface area contributed by atoms with E-state index in [4.69, 9.17) is 10.3 Å². The van der Waals surface area contributed by atoms with Gasteiger partial charge in [0.15, 0.2) is 0 Å². The molecule has 0 unspecified atom stereocenters. The molecular weight excluding hydrogens is 256 g/mol. The number of nitrogens with one attached hydrogen (secondary N) is 2. The molecule has 7 heteroatoms. The zero-order valence-electron chi connectivity index (χ0n) is 12.0. The first-order valence-corrected chi connectivity index (χ1v) is 6.64. The van der Waals surface area contributed by atoms with Crippen LogP contribution in [0.25, 0.3) is 0 Å². The summed E-state index contributed by atoms with van der Waals surface area (Å²) in [6.45, 7) is 6.62. The van der Waals surface area contributed by atoms with Crippen molar-refractivity contribution in [3.05, 3.63) is 29.7 Å². The minimum absolute atomic E-state index is 0.237. The molecule has 0 radical (unpaired) electrons. The van der Waals surface area contributed by atoms with Gasteiger partial charge in [0.25, 0.3) is 0 Å². The van der Waals surface area contributed by atoms with Crippen LogP contribution in [-0.4, -0.2) is 15.0 Å². The summed E-state index contributed by atoms with van der Waals surface area (Å²) >= 11 is 0. The van der Waals surface area contributed by atoms with E-state index in [1.165, 1.54) is 6.33 Å². The Morgan fingerprint density at radius 1 is 1.25 bits per heavy atom. The van der Waals surface area contributed by atoms with Gasteiger partial charge in [0.1, 0.15) is 23.7 Å². The summed E-state index contributed by atoms with van der Waals surface area (Å²) < 4.78 is 5.55. The van der Waals surface area contributed by atoms with Gasteiger partial charge in [0.05, 0.1) is 12.7 Å². The average Bonchev–Trinajstić information content (AvgIpc) is 2.92. The second-order valence-electron chi connectivity index (χ2n) is 4.71. The maximum absolute atomic E-state index is 5.55. The molecule has 0 saturated heterocycles. The lowest BCUT2D eigenvalue weighted by Crippen LogP contribution is -2.15. The molecule has 7 nitrogen and oxygen atoms in total. The van der Waals surface area contributed by atoms with Crippen molar-refractivity contribution in [3.63, 3.8) is 0 Å². The molecule has 4 N–H and O–H groups in total. The lowest BCUT2D eigenvalue weighted by atomic mass is 10.0. The molecule has 2 heterocycles. The fraction of sp³-hybridized carbons (Fsp3) is 0.462. The fourth-order valence-corrected chi connectivity index (χ4v) is 1.95. The highest BCUT2D eigenvalue weighted by Crippen LogP contribution is 2.27. The molecular formula is C13H20N6O. The normalized spacial score (nSPS) is 10.8. The van der Waals surface area contributed by atoms with E-state index in [2.05, 4.69) is 39.5 Å². The molecule has 2 aromatic rings. The van der Waals surface area contributed by atoms with E-state index < -0.39 is 0 Å². The van der Waals surface area contributed by atoms with Crippen molar-refractivity contribution in [2.24, 2.45) is 5.84 Å². The van der Waals surface area contributed by atoms with Crippen LogP contribution in [0.1, 0.15) is 43.9 Å². The average molecular weight is 276 g/mol. The van der Waals surface area contributed by atoms with E-state index in [0.717, 1.165) is 23.6 Å². The number of aromatic nitrogens is 3. The standard InChI is InChI=1S/C13H20N6O/c1-4-9-5-15-10(20-9)6-16-12-11(8(2)3)13(19-14)18-7-17-12/h5,7-8H,4,6,14H2,1-3H3,(H2,16,17,18,19). The molecule has 0 aliphatic carbocycles. The van der Waals surface area contributed by atoms with Gasteiger partial charge < -0.3 is 15.2 Å². The second-order valence-corrected chi connectivity index (χ2v) is 4.71. The third kappa shape index (κ3) is 3.05. The molecule has 2 rings (SSSR count). The van der Waals surface area contributed by atoms with Gasteiger partial charge in [-0.05, 0) is 5.92 Å². The largest absolute Gasteiger partial charge is 0.444 e. The number of hydrogen-bond donors (Lipinski definition) is 3. The van der Waals surface area contributed by atoms with Crippen molar-refractivity contribution in [2.45, 2.75) is 39.7 Å². The van der Waals surface area contributed by atoms with Crippen LogP contribution in [0, 0.1) is 0 Å². The lowest BCUT2D eigenvalue weighted by Gasteiger charge is -2.15. The molecule has 0 bridgehead atoms. The molecule has 0 aliphatic heterocycles. The predicted molar refractivity (Wildman–Crippen MR) is 77.1 cm³/mol. The maximum Gasteiger partial charge on any atom is 0.213 e. The van der Waals surface area contributed by atoms with Gasteiger partial charge in [-0.1, -0.05) is 20.8 Å². The Balaban J connectivity index is 2.16. The minimum atomic E-state index is 0.237. The lowest BCUT2D eigenvalue weighted by molar-refractivity contribution is 0.465. The van der Waals surface area contributed by atoms with Gasteiger partial charge in [0.2, 0.25) is 5.89 Å². The van der Waals surface area contributed by atoms with Gasteiger partial charge in [-0.3, -0.25) is 0 Å². The fourth-order valence-electron chi connectivity index (χ4n) is 1.95. The highest BCUT2D eigenvalue weighted by atomic mass is 16.4. The van der Waals surface area contributed by atoms with Crippen molar-refractivity contribution >= 4 is 11.6 Å². The topological polar surface area (TPSA) is 102 Å². The quantitative estimate of drug-likeness (QED) is 0.548. The number of hydrazine groups is 1. The molecule has 0 amide bonds. The first kappa shape index (κ1) is 14.3. The Kier molecular flexibility index (Phi) is 4.52. The summed E-state index contributed by atoms with van der Waals surface area (Å²) in [7, 11) is 0. The number of nitrogens with zero attached hydrogens (tertiary/aromatic N) is 3. The number of nitrogen functional groups attached to an aromatic ring is 1. The van der Waals surface area contributed by atoms with Crippen LogP contribution >= 0.6 is 0 Å². The summed E-state index contributed by atoms with van der Waals surface area (Å²) in [4.78, 5) is 12.6. The summed E-state index contributed by atoms with van der Waals surface area (Å²) in [6.07, 6.45) is 4.04. The monoisotopic (exact) mass is 276 g/mol. The van der Waals surface area contributed by atoms with E-state index in [0.29, 0.717) is 18.3 Å². The SMILES string of the molecule is CCc1cnc(CNc2ncnc(NN)c2C(C)C)o1. The molecule has 0 aromatic carbocycles. The van der Waals surface area contributed by atoms with Gasteiger partial charge in [-0.25, -0.2) is 20.8 Å². The van der Waals surface area contributed by atoms with Crippen LogP contribution < -0.4 is 16.6 Å². The first-order chi connectivity index (χ1) is 9.65. The molecule has 0 atom stereocenters. The van der Waals surface area contributed by atoms with Crippen LogP contribution in [0.3, 0.4) is 0 Å². The van der Waals surface area contributed by atoms with Crippen LogP contribution in [-0.2, 0) is 13.0 Å². The van der Waals surface area contributed by atoms with Crippen molar-refractivity contribution < 1.29 is 4.42 Å². The molecule has 0 fully saturated rings. The van der Waals surface area contributed by atoms with Crippen molar-refractivity contribution in [3.8, 4) is 0 Å². The molecule has 20 heavy (non-hydrogen) atoms. The number of rotatable bonds is 6. The summed E-state index contributed by atoms with van der Waals surface area (Å²) in [5.41, 5.74) is 3.54. The van der Waals surface area contributed by atoms with Crippen LogP contribution in [0.4, 0.5) is 11.6 Å². The Bertz CT molecular complexity index is 566. The van der Waals surface area contributed by atoms with E-state index in [9.17, 15) is 0 Å². The predicted octanol–water partition coefficient (Wildman–Crippen LogP) is 2.05. The third-order valence-electron chi connectivity index (χ3n) is 2.95. The summed E-state index contributed by atoms with van der Waals surface area (Å²) in [5.74, 6) is 8.59. The van der Waals surface area contributed by atoms with E-state index in [1.807, 2.05) is 6.92 Å². The second kappa shape index (κ2) is 6.33. The highest BCUT2D eigenvalue weighted by Gasteiger charge is 2.14. The number of anilines is 2. The third-order valence-corrected chi connectivity index (χ3v) is 2.95. The number of oxazole rings is 1. The van der Waals surface area contributed by atoms with Crippen LogP contribution in [0.15, 0.2) is 16.9 Å². The van der Waals surface area contributed by atoms with E-state index in [1.54, 1.807) is 6.20 Å². The minimum Gasteiger partial charge on any atom is -0.444 e. The molecule has 108 valence electrons. The van der Waals surface area contributed by atoms with Crippen LogP contribution in [0.2, 0.25) is 0 Å². The number of nitrogens with two attached hydrogens (primary N) is 1. The van der Waals surface area contributed by atoms with Crippen LogP contribution in [0.5, 0.6) is 0 Å². The first-order valence-electron chi connectivity index (χ1n) is 6.64. The Morgan fingerprint density at radius 2 is 2.00 bits per heavy atom. The molecule has 0 aliphatic rings. The van der Waals surface area contributed by atoms with Gasteiger partial charge in [-0.2, -0.15) is 0 Å². The van der Waals surface area contributed by atoms with Gasteiger partial charge >= 0.3 is 0 Å². The zero-order valence-corrected chi connectivity index (χ0v) is 12.0. The highest BCUT2D eigenvalue weighted by molar-refractivity contribution is 5.58. The van der Waals surface area contributed by atoms with Gasteiger partial charge in [0, 0.05) is 12.0 Å². The molecule has 0 saturated carbocycles. The van der Waals surface area contributed by atoms with E-state index in [-0.39, 0.29) is 5.92 Å². The number of hydrogen-bond acceptors (Lipinski definition) is 7. The Labute approximate surface area is 118 Å². The summed E-state index contributed by atoms with van der Waals surface area (Å²) in [6, 6.07) is 0. The summed E-state index contributed by atoms with van der Waals surface area (Å²) in [5, 5.41) is 3.22. The Morgan fingerprint density at radius 3 is 2.60 bits per heavy atom. The van der Waals surface area contributed by atoms with Crippen molar-refractivity contribution in [2.75, 3.05) is 10.7 Å². The van der Waals surface area contributed by atoms with E-state index >= 15 is 0 Å². The molecule has 2 aromatic heterocycles. The molecule has 0 spiro atoms.